The summed E-state index contributed by atoms with van der Waals surface area (Å²) in [7, 11) is 0. The zero-order valence-corrected chi connectivity index (χ0v) is 13.0. The van der Waals surface area contributed by atoms with Crippen molar-refractivity contribution >= 4 is 0 Å². The van der Waals surface area contributed by atoms with Crippen molar-refractivity contribution in [2.45, 2.75) is 32.3 Å². The number of hydrogen-bond acceptors (Lipinski definition) is 3. The lowest BCUT2D eigenvalue weighted by Gasteiger charge is -2.33. The van der Waals surface area contributed by atoms with Gasteiger partial charge in [-0.25, -0.2) is 0 Å². The molecule has 1 aromatic rings. The van der Waals surface area contributed by atoms with E-state index in [4.69, 9.17) is 4.74 Å². The van der Waals surface area contributed by atoms with Crippen LogP contribution in [0.25, 0.3) is 0 Å². The summed E-state index contributed by atoms with van der Waals surface area (Å²) >= 11 is 0. The molecule has 0 atom stereocenters. The van der Waals surface area contributed by atoms with Gasteiger partial charge in [-0.3, -0.25) is 0 Å². The summed E-state index contributed by atoms with van der Waals surface area (Å²) in [5, 5.41) is 3.49. The first kappa shape index (κ1) is 15.0. The molecule has 3 nitrogen and oxygen atoms in total. The molecular weight excluding hydrogens is 260 g/mol. The smallest absolute Gasteiger partial charge is 0.0716 e. The first-order chi connectivity index (χ1) is 10.4. The van der Waals surface area contributed by atoms with Gasteiger partial charge in [0.05, 0.1) is 6.61 Å². The number of nitrogens with zero attached hydrogens (tertiary/aromatic N) is 1. The number of ether oxygens (including phenoxy) is 1. The summed E-state index contributed by atoms with van der Waals surface area (Å²) in [6, 6.07) is 10.4. The van der Waals surface area contributed by atoms with Crippen LogP contribution in [0.2, 0.25) is 0 Å². The summed E-state index contributed by atoms with van der Waals surface area (Å²) in [5.74, 6) is 0. The number of rotatable bonds is 6. The standard InChI is InChI=1S/C18H28N2O/c1-2-5-17(6-3-1)15-21-14-4-12-20-13-9-18(16-20)7-10-19-11-8-18/h1-3,5-6,19H,4,7-16H2. The van der Waals surface area contributed by atoms with Crippen LogP contribution >= 0.6 is 0 Å². The van der Waals surface area contributed by atoms with E-state index >= 15 is 0 Å². The quantitative estimate of drug-likeness (QED) is 0.815. The van der Waals surface area contributed by atoms with Crippen molar-refractivity contribution in [3.05, 3.63) is 35.9 Å². The van der Waals surface area contributed by atoms with Crippen LogP contribution in [-0.4, -0.2) is 44.2 Å². The molecule has 3 rings (SSSR count). The lowest BCUT2D eigenvalue weighted by Crippen LogP contribution is -2.38. The average Bonchev–Trinajstić information content (AvgIpc) is 2.91. The summed E-state index contributed by atoms with van der Waals surface area (Å²) in [6.07, 6.45) is 5.29. The highest BCUT2D eigenvalue weighted by molar-refractivity contribution is 5.13. The third-order valence-electron chi connectivity index (χ3n) is 5.06. The van der Waals surface area contributed by atoms with E-state index in [0.717, 1.165) is 19.6 Å². The molecule has 1 aromatic carbocycles. The summed E-state index contributed by atoms with van der Waals surface area (Å²) in [6.45, 7) is 7.86. The van der Waals surface area contributed by atoms with Gasteiger partial charge in [0.25, 0.3) is 0 Å². The minimum Gasteiger partial charge on any atom is -0.377 e. The van der Waals surface area contributed by atoms with E-state index in [0.29, 0.717) is 5.41 Å². The second kappa shape index (κ2) is 7.39. The number of benzene rings is 1. The molecule has 0 saturated carbocycles. The fraction of sp³-hybridized carbons (Fsp3) is 0.667. The Morgan fingerprint density at radius 3 is 2.71 bits per heavy atom. The van der Waals surface area contributed by atoms with Gasteiger partial charge >= 0.3 is 0 Å². The van der Waals surface area contributed by atoms with Crippen LogP contribution in [0.15, 0.2) is 30.3 Å². The Morgan fingerprint density at radius 2 is 1.90 bits per heavy atom. The SMILES string of the molecule is c1ccc(COCCCN2CCC3(CCNCC3)C2)cc1. The monoisotopic (exact) mass is 288 g/mol. The van der Waals surface area contributed by atoms with Crippen molar-refractivity contribution in [1.29, 1.82) is 0 Å². The van der Waals surface area contributed by atoms with E-state index in [1.165, 1.54) is 57.5 Å². The zero-order chi connectivity index (χ0) is 14.4. The van der Waals surface area contributed by atoms with Crippen LogP contribution in [0.3, 0.4) is 0 Å². The zero-order valence-electron chi connectivity index (χ0n) is 13.0. The molecule has 2 fully saturated rings. The van der Waals surface area contributed by atoms with Crippen molar-refractivity contribution in [3.8, 4) is 0 Å². The van der Waals surface area contributed by atoms with Crippen LogP contribution in [0, 0.1) is 5.41 Å². The Kier molecular flexibility index (Phi) is 5.28. The highest BCUT2D eigenvalue weighted by Crippen LogP contribution is 2.38. The first-order valence-corrected chi connectivity index (χ1v) is 8.41. The third kappa shape index (κ3) is 4.29. The van der Waals surface area contributed by atoms with Crippen molar-refractivity contribution < 1.29 is 4.74 Å². The molecule has 2 heterocycles. The molecule has 0 aliphatic carbocycles. The fourth-order valence-electron chi connectivity index (χ4n) is 3.74. The fourth-order valence-corrected chi connectivity index (χ4v) is 3.74. The maximum atomic E-state index is 5.78. The minimum atomic E-state index is 0.635. The molecule has 1 N–H and O–H groups in total. The lowest BCUT2D eigenvalue weighted by atomic mass is 9.78. The van der Waals surface area contributed by atoms with Crippen molar-refractivity contribution in [1.82, 2.24) is 10.2 Å². The maximum absolute atomic E-state index is 5.78. The van der Waals surface area contributed by atoms with Gasteiger partial charge in [0.2, 0.25) is 0 Å². The van der Waals surface area contributed by atoms with E-state index in [2.05, 4.69) is 34.5 Å². The third-order valence-corrected chi connectivity index (χ3v) is 5.06. The van der Waals surface area contributed by atoms with E-state index in [-0.39, 0.29) is 0 Å². The van der Waals surface area contributed by atoms with Gasteiger partial charge in [-0.05, 0) is 56.3 Å². The maximum Gasteiger partial charge on any atom is 0.0716 e. The van der Waals surface area contributed by atoms with Gasteiger partial charge in [-0.1, -0.05) is 30.3 Å². The number of likely N-dealkylation sites (tertiary alicyclic amines) is 1. The van der Waals surface area contributed by atoms with Crippen molar-refractivity contribution in [2.24, 2.45) is 5.41 Å². The molecule has 0 bridgehead atoms. The molecular formula is C18H28N2O. The molecule has 0 radical (unpaired) electrons. The molecule has 0 aromatic heterocycles. The lowest BCUT2D eigenvalue weighted by molar-refractivity contribution is 0.108. The molecule has 0 amide bonds. The van der Waals surface area contributed by atoms with Gasteiger partial charge < -0.3 is 15.0 Å². The molecule has 21 heavy (non-hydrogen) atoms. The number of hydrogen-bond donors (Lipinski definition) is 1. The van der Waals surface area contributed by atoms with E-state index in [1.54, 1.807) is 0 Å². The Bertz CT molecular complexity index is 414. The Morgan fingerprint density at radius 1 is 1.10 bits per heavy atom. The van der Waals surface area contributed by atoms with Gasteiger partial charge in [0.1, 0.15) is 0 Å². The van der Waals surface area contributed by atoms with Gasteiger partial charge in [-0.2, -0.15) is 0 Å². The predicted molar refractivity (Wildman–Crippen MR) is 86.3 cm³/mol. The van der Waals surface area contributed by atoms with Gasteiger partial charge in [0, 0.05) is 19.7 Å². The summed E-state index contributed by atoms with van der Waals surface area (Å²) in [5.41, 5.74) is 1.91. The molecule has 2 aliphatic rings. The summed E-state index contributed by atoms with van der Waals surface area (Å²) in [4.78, 5) is 2.65. The Balaban J connectivity index is 1.30. The van der Waals surface area contributed by atoms with Gasteiger partial charge in [-0.15, -0.1) is 0 Å². The Labute approximate surface area is 128 Å². The molecule has 0 unspecified atom stereocenters. The number of nitrogens with one attached hydrogen (secondary N) is 1. The predicted octanol–water partition coefficient (Wildman–Crippen LogP) is 2.67. The van der Waals surface area contributed by atoms with Crippen LogP contribution in [0.4, 0.5) is 0 Å². The first-order valence-electron chi connectivity index (χ1n) is 8.41. The highest BCUT2D eigenvalue weighted by atomic mass is 16.5. The number of piperidine rings is 1. The second-order valence-electron chi connectivity index (χ2n) is 6.67. The normalized spacial score (nSPS) is 21.9. The highest BCUT2D eigenvalue weighted by Gasteiger charge is 2.38. The molecule has 2 saturated heterocycles. The van der Waals surface area contributed by atoms with Crippen LogP contribution in [0.5, 0.6) is 0 Å². The molecule has 2 aliphatic heterocycles. The molecule has 116 valence electrons. The Hall–Kier alpha value is -0.900. The van der Waals surface area contributed by atoms with E-state index < -0.39 is 0 Å². The van der Waals surface area contributed by atoms with Gasteiger partial charge in [0.15, 0.2) is 0 Å². The molecule has 3 heteroatoms. The average molecular weight is 288 g/mol. The topological polar surface area (TPSA) is 24.5 Å². The second-order valence-corrected chi connectivity index (χ2v) is 6.67. The van der Waals surface area contributed by atoms with Crippen molar-refractivity contribution in [3.63, 3.8) is 0 Å². The van der Waals surface area contributed by atoms with E-state index in [1.807, 2.05) is 6.07 Å². The van der Waals surface area contributed by atoms with Crippen LogP contribution < -0.4 is 5.32 Å². The largest absolute Gasteiger partial charge is 0.377 e. The molecule has 1 spiro atoms. The van der Waals surface area contributed by atoms with Crippen molar-refractivity contribution in [2.75, 3.05) is 39.3 Å². The van der Waals surface area contributed by atoms with Crippen LogP contribution in [0.1, 0.15) is 31.2 Å². The van der Waals surface area contributed by atoms with E-state index in [9.17, 15) is 0 Å². The minimum absolute atomic E-state index is 0.635. The summed E-state index contributed by atoms with van der Waals surface area (Å²) < 4.78 is 5.78. The van der Waals surface area contributed by atoms with Crippen LogP contribution in [-0.2, 0) is 11.3 Å².